The third-order valence-corrected chi connectivity index (χ3v) is 9.20. The summed E-state index contributed by atoms with van der Waals surface area (Å²) in [6.07, 6.45) is 0.645. The van der Waals surface area contributed by atoms with E-state index in [1.165, 1.54) is 28.4 Å². The highest BCUT2D eigenvalue weighted by atomic mass is 79.9. The summed E-state index contributed by atoms with van der Waals surface area (Å²) in [6, 6.07) is 18.8. The predicted octanol–water partition coefficient (Wildman–Crippen LogP) is 4.41. The number of fused-ring (bicyclic) bond motifs is 2. The Hall–Kier alpha value is -4.02. The van der Waals surface area contributed by atoms with E-state index in [9.17, 15) is 24.3 Å². The van der Waals surface area contributed by atoms with E-state index in [2.05, 4.69) is 21.2 Å². The Morgan fingerprint density at radius 1 is 1.02 bits per heavy atom. The lowest BCUT2D eigenvalue weighted by Crippen LogP contribution is -2.53. The summed E-state index contributed by atoms with van der Waals surface area (Å²) in [6.45, 7) is 0.238. The summed E-state index contributed by atoms with van der Waals surface area (Å²) in [5.74, 6) is -1.09. The second-order valence-electron chi connectivity index (χ2n) is 10.3. The molecule has 41 heavy (non-hydrogen) atoms. The molecule has 2 N–H and O–H groups in total. The maximum atomic E-state index is 14.0. The van der Waals surface area contributed by atoms with Gasteiger partial charge in [-0.15, -0.1) is 11.3 Å². The van der Waals surface area contributed by atoms with Crippen molar-refractivity contribution in [2.45, 2.75) is 31.0 Å². The molecule has 208 valence electrons. The van der Waals surface area contributed by atoms with Crippen LogP contribution in [0.1, 0.15) is 32.7 Å². The van der Waals surface area contributed by atoms with Gasteiger partial charge in [0.25, 0.3) is 11.8 Å². The maximum Gasteiger partial charge on any atom is 0.256 e. The average Bonchev–Trinajstić information content (AvgIpc) is 3.68. The SMILES string of the molecule is O=C(N[C@@H](Cc1ccc(O)cc1)C(=O)N1CCC2C1C(=O)CN2C(=O)c1csc2ccccc12)c1cccc(Br)c1. The molecule has 0 aliphatic carbocycles. The summed E-state index contributed by atoms with van der Waals surface area (Å²) in [5, 5.41) is 15.3. The Labute approximate surface area is 248 Å². The normalized spacial score (nSPS) is 18.9. The number of nitrogens with one attached hydrogen (secondary N) is 1. The van der Waals surface area contributed by atoms with E-state index in [4.69, 9.17) is 0 Å². The van der Waals surface area contributed by atoms with Gasteiger partial charge in [0.15, 0.2) is 5.78 Å². The zero-order valence-electron chi connectivity index (χ0n) is 21.8. The van der Waals surface area contributed by atoms with Crippen molar-refractivity contribution in [3.8, 4) is 5.75 Å². The second-order valence-corrected chi connectivity index (χ2v) is 12.1. The molecule has 0 radical (unpaired) electrons. The molecule has 3 amide bonds. The number of hydrogen-bond donors (Lipinski definition) is 2. The number of halogens is 1. The summed E-state index contributed by atoms with van der Waals surface area (Å²) in [7, 11) is 0. The molecule has 2 fully saturated rings. The minimum absolute atomic E-state index is 0.0604. The summed E-state index contributed by atoms with van der Waals surface area (Å²) in [4.78, 5) is 57.3. The van der Waals surface area contributed by atoms with Crippen LogP contribution in [-0.4, -0.2) is 69.6 Å². The van der Waals surface area contributed by atoms with Crippen LogP contribution in [0.25, 0.3) is 10.1 Å². The van der Waals surface area contributed by atoms with Gasteiger partial charge < -0.3 is 20.2 Å². The van der Waals surface area contributed by atoms with E-state index < -0.39 is 24.0 Å². The lowest BCUT2D eigenvalue weighted by molar-refractivity contribution is -0.138. The maximum absolute atomic E-state index is 14.0. The van der Waals surface area contributed by atoms with Gasteiger partial charge in [0.2, 0.25) is 5.91 Å². The standard InChI is InChI=1S/C31H26BrN3O5S/c32-20-5-3-4-19(15-20)29(38)33-24(14-18-8-10-21(36)11-9-18)31(40)34-13-12-25-28(34)26(37)16-35(25)30(39)23-17-41-27-7-2-1-6-22(23)27/h1-11,15,17,24-25,28,36H,12-14,16H2,(H,33,38)/t24-,25?,28?/m0/s1. The predicted molar refractivity (Wildman–Crippen MR) is 159 cm³/mol. The third-order valence-electron chi connectivity index (χ3n) is 7.74. The van der Waals surface area contributed by atoms with Crippen LogP contribution in [0.2, 0.25) is 0 Å². The summed E-state index contributed by atoms with van der Waals surface area (Å²) < 4.78 is 1.73. The molecule has 3 atom stereocenters. The summed E-state index contributed by atoms with van der Waals surface area (Å²) >= 11 is 4.86. The van der Waals surface area contributed by atoms with Gasteiger partial charge in [-0.2, -0.15) is 0 Å². The number of phenolic OH excluding ortho intramolecular Hbond substituents is 1. The minimum atomic E-state index is -0.955. The van der Waals surface area contributed by atoms with Crippen molar-refractivity contribution in [2.24, 2.45) is 0 Å². The molecule has 1 aromatic heterocycles. The molecule has 2 unspecified atom stereocenters. The van der Waals surface area contributed by atoms with Crippen molar-refractivity contribution in [2.75, 3.05) is 13.1 Å². The van der Waals surface area contributed by atoms with Gasteiger partial charge in [-0.05, 0) is 48.4 Å². The van der Waals surface area contributed by atoms with Crippen LogP contribution < -0.4 is 5.32 Å². The molecule has 0 bridgehead atoms. The molecule has 2 aliphatic rings. The fraction of sp³-hybridized carbons (Fsp3) is 0.226. The number of hydrogen-bond acceptors (Lipinski definition) is 6. The van der Waals surface area contributed by atoms with E-state index in [1.807, 2.05) is 29.6 Å². The van der Waals surface area contributed by atoms with Gasteiger partial charge in [0.05, 0.1) is 18.2 Å². The first kappa shape index (κ1) is 27.2. The fourth-order valence-electron chi connectivity index (χ4n) is 5.78. The third kappa shape index (κ3) is 5.25. The highest BCUT2D eigenvalue weighted by molar-refractivity contribution is 9.10. The lowest BCUT2D eigenvalue weighted by Gasteiger charge is -2.28. The van der Waals surface area contributed by atoms with E-state index in [-0.39, 0.29) is 36.3 Å². The fourth-order valence-corrected chi connectivity index (χ4v) is 7.11. The first-order valence-corrected chi connectivity index (χ1v) is 14.9. The lowest BCUT2D eigenvalue weighted by atomic mass is 10.0. The topological polar surface area (TPSA) is 107 Å². The monoisotopic (exact) mass is 631 g/mol. The number of aromatic hydroxyl groups is 1. The van der Waals surface area contributed by atoms with Crippen LogP contribution in [-0.2, 0) is 16.0 Å². The Morgan fingerprint density at radius 3 is 2.59 bits per heavy atom. The number of carbonyl (C=O) groups is 4. The van der Waals surface area contributed by atoms with Crippen molar-refractivity contribution < 1.29 is 24.3 Å². The molecule has 6 rings (SSSR count). The van der Waals surface area contributed by atoms with Crippen LogP contribution in [0, 0.1) is 0 Å². The average molecular weight is 633 g/mol. The van der Waals surface area contributed by atoms with Gasteiger partial charge in [-0.25, -0.2) is 0 Å². The number of phenols is 1. The van der Waals surface area contributed by atoms with Crippen LogP contribution in [0.3, 0.4) is 0 Å². The number of likely N-dealkylation sites (tertiary alicyclic amines) is 2. The highest BCUT2D eigenvalue weighted by Gasteiger charge is 2.52. The summed E-state index contributed by atoms with van der Waals surface area (Å²) in [5.41, 5.74) is 1.69. The molecular formula is C31H26BrN3O5S. The molecule has 2 aliphatic heterocycles. The van der Waals surface area contributed by atoms with Crippen molar-refractivity contribution in [3.05, 3.63) is 99.3 Å². The van der Waals surface area contributed by atoms with Crippen LogP contribution >= 0.6 is 27.3 Å². The quantitative estimate of drug-likeness (QED) is 0.328. The first-order valence-electron chi connectivity index (χ1n) is 13.2. The Morgan fingerprint density at radius 2 is 1.80 bits per heavy atom. The van der Waals surface area contributed by atoms with E-state index in [1.54, 1.807) is 41.3 Å². The van der Waals surface area contributed by atoms with Crippen molar-refractivity contribution in [1.82, 2.24) is 15.1 Å². The number of carbonyl (C=O) groups excluding carboxylic acids is 4. The largest absolute Gasteiger partial charge is 0.508 e. The zero-order valence-corrected chi connectivity index (χ0v) is 24.2. The molecule has 10 heteroatoms. The Kier molecular flexibility index (Phi) is 7.35. The minimum Gasteiger partial charge on any atom is -0.508 e. The zero-order chi connectivity index (χ0) is 28.7. The molecule has 3 heterocycles. The number of amides is 3. The smallest absolute Gasteiger partial charge is 0.256 e. The number of thiophene rings is 1. The van der Waals surface area contributed by atoms with Gasteiger partial charge in [-0.3, -0.25) is 19.2 Å². The Bertz CT molecular complexity index is 1670. The molecule has 3 aromatic carbocycles. The molecule has 2 saturated heterocycles. The molecule has 8 nitrogen and oxygen atoms in total. The van der Waals surface area contributed by atoms with Gasteiger partial charge in [0.1, 0.15) is 17.8 Å². The van der Waals surface area contributed by atoms with Crippen LogP contribution in [0.15, 0.2) is 82.6 Å². The first-order chi connectivity index (χ1) is 19.8. The van der Waals surface area contributed by atoms with Crippen molar-refractivity contribution in [3.63, 3.8) is 0 Å². The van der Waals surface area contributed by atoms with Gasteiger partial charge in [-0.1, -0.05) is 52.3 Å². The van der Waals surface area contributed by atoms with E-state index in [0.717, 1.165) is 20.1 Å². The van der Waals surface area contributed by atoms with E-state index >= 15 is 0 Å². The van der Waals surface area contributed by atoms with Crippen LogP contribution in [0.5, 0.6) is 5.75 Å². The number of nitrogens with zero attached hydrogens (tertiary/aromatic N) is 2. The van der Waals surface area contributed by atoms with E-state index in [0.29, 0.717) is 24.1 Å². The molecular weight excluding hydrogens is 606 g/mol. The highest BCUT2D eigenvalue weighted by Crippen LogP contribution is 2.34. The van der Waals surface area contributed by atoms with Gasteiger partial charge in [0, 0.05) is 38.5 Å². The molecule has 0 spiro atoms. The van der Waals surface area contributed by atoms with Crippen molar-refractivity contribution >= 4 is 60.9 Å². The molecule has 4 aromatic rings. The number of benzene rings is 3. The van der Waals surface area contributed by atoms with Crippen LogP contribution in [0.4, 0.5) is 0 Å². The second kappa shape index (κ2) is 11.1. The molecule has 0 saturated carbocycles. The number of ketones is 1. The van der Waals surface area contributed by atoms with Gasteiger partial charge >= 0.3 is 0 Å². The van der Waals surface area contributed by atoms with Crippen molar-refractivity contribution in [1.29, 1.82) is 0 Å². The number of rotatable bonds is 6. The Balaban J connectivity index is 1.25. The number of Topliss-reactive ketones (excluding diaryl/α,β-unsaturated/α-hetero) is 1.